The van der Waals surface area contributed by atoms with Crippen molar-refractivity contribution < 1.29 is 4.39 Å². The minimum Gasteiger partial charge on any atom is -0.311 e. The van der Waals surface area contributed by atoms with Crippen molar-refractivity contribution in [2.75, 3.05) is 4.90 Å². The SMILES string of the molecule is FC(c1cccc(-c2ccccn2)c1)c1cccc(N2c3ccccc3[Si](c3ccccc3)(c3ccccc3)c3c2ccc2c3sc3ccccc32)c1. The van der Waals surface area contributed by atoms with Crippen molar-refractivity contribution in [3.8, 4) is 11.3 Å². The van der Waals surface area contributed by atoms with Gasteiger partial charge >= 0.3 is 0 Å². The number of aromatic nitrogens is 1. The fraction of sp³-hybridized carbons (Fsp3) is 0.0208. The third-order valence-corrected chi connectivity index (χ3v) is 16.9. The molecule has 1 aliphatic rings. The first kappa shape index (κ1) is 31.6. The van der Waals surface area contributed by atoms with Gasteiger partial charge in [-0.1, -0.05) is 140 Å². The third-order valence-electron chi connectivity index (χ3n) is 10.7. The van der Waals surface area contributed by atoms with Crippen LogP contribution in [0, 0.1) is 0 Å². The minimum atomic E-state index is -2.92. The van der Waals surface area contributed by atoms with Crippen LogP contribution in [-0.4, -0.2) is 13.1 Å². The zero-order chi connectivity index (χ0) is 35.4. The van der Waals surface area contributed by atoms with Crippen molar-refractivity contribution in [2.45, 2.75) is 6.17 Å². The van der Waals surface area contributed by atoms with Gasteiger partial charge in [-0.3, -0.25) is 4.98 Å². The van der Waals surface area contributed by atoms with Gasteiger partial charge in [0.25, 0.3) is 0 Å². The number of rotatable bonds is 6. The van der Waals surface area contributed by atoms with E-state index in [0.717, 1.165) is 28.3 Å². The van der Waals surface area contributed by atoms with E-state index >= 15 is 4.39 Å². The van der Waals surface area contributed by atoms with Crippen molar-refractivity contribution >= 4 is 77.4 Å². The molecule has 1 atom stereocenters. The van der Waals surface area contributed by atoms with Crippen LogP contribution in [0.25, 0.3) is 31.4 Å². The average Bonchev–Trinajstić information content (AvgIpc) is 3.62. The highest BCUT2D eigenvalue weighted by atomic mass is 32.1. The van der Waals surface area contributed by atoms with Gasteiger partial charge in [0.05, 0.1) is 5.69 Å². The molecule has 0 fully saturated rings. The van der Waals surface area contributed by atoms with Crippen LogP contribution in [-0.2, 0) is 0 Å². The lowest BCUT2D eigenvalue weighted by atomic mass is 9.99. The molecule has 0 N–H and O–H groups in total. The van der Waals surface area contributed by atoms with Crippen molar-refractivity contribution in [2.24, 2.45) is 0 Å². The molecule has 0 saturated heterocycles. The molecule has 53 heavy (non-hydrogen) atoms. The Kier molecular flexibility index (Phi) is 7.64. The highest BCUT2D eigenvalue weighted by Crippen LogP contribution is 2.44. The Balaban J connectivity index is 1.23. The quantitative estimate of drug-likeness (QED) is 0.159. The summed E-state index contributed by atoms with van der Waals surface area (Å²) in [6, 6.07) is 66.1. The molecule has 2 nitrogen and oxygen atoms in total. The van der Waals surface area contributed by atoms with E-state index in [1.165, 1.54) is 40.9 Å². The number of benzene rings is 7. The van der Waals surface area contributed by atoms with Crippen LogP contribution < -0.4 is 25.6 Å². The molecule has 252 valence electrons. The summed E-state index contributed by atoms with van der Waals surface area (Å²) < 4.78 is 19.4. The summed E-state index contributed by atoms with van der Waals surface area (Å²) in [5, 5.41) is 7.93. The van der Waals surface area contributed by atoms with Crippen LogP contribution in [0.2, 0.25) is 0 Å². The lowest BCUT2D eigenvalue weighted by molar-refractivity contribution is 0.402. The first-order valence-corrected chi connectivity index (χ1v) is 20.7. The van der Waals surface area contributed by atoms with Crippen LogP contribution in [0.4, 0.5) is 21.5 Å². The molecule has 7 aromatic carbocycles. The van der Waals surface area contributed by atoms with Gasteiger partial charge in [0.1, 0.15) is 0 Å². The Morgan fingerprint density at radius 1 is 0.547 bits per heavy atom. The molecule has 2 aromatic heterocycles. The Bertz CT molecular complexity index is 2730. The molecule has 0 saturated carbocycles. The van der Waals surface area contributed by atoms with Crippen molar-refractivity contribution in [3.63, 3.8) is 0 Å². The maximum atomic E-state index is 16.8. The Labute approximate surface area is 313 Å². The van der Waals surface area contributed by atoms with E-state index in [9.17, 15) is 0 Å². The van der Waals surface area contributed by atoms with E-state index in [1.807, 2.05) is 72.0 Å². The average molecular weight is 717 g/mol. The molecule has 0 radical (unpaired) electrons. The Morgan fingerprint density at radius 3 is 2.00 bits per heavy atom. The zero-order valence-corrected chi connectivity index (χ0v) is 30.5. The number of pyridine rings is 1. The van der Waals surface area contributed by atoms with Crippen molar-refractivity contribution in [1.29, 1.82) is 0 Å². The number of nitrogens with zero attached hydrogens (tertiary/aromatic N) is 2. The van der Waals surface area contributed by atoms with Crippen LogP contribution in [0.3, 0.4) is 0 Å². The Hall–Kier alpha value is -6.14. The molecule has 0 aliphatic carbocycles. The number of hydrogen-bond donors (Lipinski definition) is 0. The maximum Gasteiger partial charge on any atom is 0.185 e. The summed E-state index contributed by atoms with van der Waals surface area (Å²) in [4.78, 5) is 6.89. The normalized spacial score (nSPS) is 13.8. The van der Waals surface area contributed by atoms with Gasteiger partial charge < -0.3 is 4.90 Å². The van der Waals surface area contributed by atoms with E-state index < -0.39 is 14.2 Å². The maximum absolute atomic E-state index is 16.8. The molecule has 3 heterocycles. The third kappa shape index (κ3) is 5.00. The molecular weight excluding hydrogens is 684 g/mol. The predicted molar refractivity (Wildman–Crippen MR) is 224 cm³/mol. The van der Waals surface area contributed by atoms with E-state index in [2.05, 4.69) is 137 Å². The summed E-state index contributed by atoms with van der Waals surface area (Å²) >= 11 is 1.89. The van der Waals surface area contributed by atoms with Crippen molar-refractivity contribution in [3.05, 3.63) is 205 Å². The van der Waals surface area contributed by atoms with E-state index in [1.54, 1.807) is 6.20 Å². The highest BCUT2D eigenvalue weighted by Gasteiger charge is 2.50. The molecule has 5 heteroatoms. The molecule has 0 amide bonds. The summed E-state index contributed by atoms with van der Waals surface area (Å²) in [6.07, 6.45) is 0.456. The molecule has 0 bridgehead atoms. The fourth-order valence-corrected chi connectivity index (χ4v) is 15.3. The van der Waals surface area contributed by atoms with Gasteiger partial charge in [-0.15, -0.1) is 11.3 Å². The van der Waals surface area contributed by atoms with Gasteiger partial charge in [0.2, 0.25) is 0 Å². The van der Waals surface area contributed by atoms with Gasteiger partial charge in [0, 0.05) is 49.0 Å². The molecule has 0 spiro atoms. The lowest BCUT2D eigenvalue weighted by Crippen LogP contribution is -2.77. The monoisotopic (exact) mass is 716 g/mol. The summed E-state index contributed by atoms with van der Waals surface area (Å²) in [5.41, 5.74) is 6.16. The van der Waals surface area contributed by atoms with Crippen LogP contribution in [0.1, 0.15) is 17.3 Å². The molecular formula is C48H33FN2SSi. The van der Waals surface area contributed by atoms with Gasteiger partial charge in [0.15, 0.2) is 14.2 Å². The molecule has 10 rings (SSSR count). The first-order chi connectivity index (χ1) is 26.2. The van der Waals surface area contributed by atoms with Crippen molar-refractivity contribution in [1.82, 2.24) is 4.98 Å². The lowest BCUT2D eigenvalue weighted by Gasteiger charge is -2.45. The highest BCUT2D eigenvalue weighted by molar-refractivity contribution is 7.31. The van der Waals surface area contributed by atoms with E-state index in [0.29, 0.717) is 11.1 Å². The molecule has 1 aliphatic heterocycles. The molecule has 1 unspecified atom stereocenters. The smallest absolute Gasteiger partial charge is 0.185 e. The van der Waals surface area contributed by atoms with Gasteiger partial charge in [-0.2, -0.15) is 0 Å². The second-order valence-corrected chi connectivity index (χ2v) is 18.3. The topological polar surface area (TPSA) is 16.1 Å². The van der Waals surface area contributed by atoms with Gasteiger partial charge in [-0.05, 0) is 80.4 Å². The second kappa shape index (κ2) is 12.8. The fourth-order valence-electron chi connectivity index (χ4n) is 8.40. The standard InChI is InChI=1S/C48H33FN2SSi/c49-46(34-16-13-15-33(31-34)41-24-11-12-30-50-41)35-17-14-18-36(32-35)51-42-25-8-10-27-45(42)53(37-19-3-1-4-20-37,38-21-5-2-6-22-38)48-43(51)29-28-40-39-23-7-9-26-44(39)52-47(40)48/h1-32,46H. The van der Waals surface area contributed by atoms with Gasteiger partial charge in [-0.25, -0.2) is 4.39 Å². The summed E-state index contributed by atoms with van der Waals surface area (Å²) in [6.45, 7) is 0. The second-order valence-electron chi connectivity index (χ2n) is 13.6. The van der Waals surface area contributed by atoms with E-state index in [-0.39, 0.29) is 0 Å². The number of para-hydroxylation sites is 1. The van der Waals surface area contributed by atoms with E-state index in [4.69, 9.17) is 0 Å². The minimum absolute atomic E-state index is 0.608. The Morgan fingerprint density at radius 2 is 1.23 bits per heavy atom. The summed E-state index contributed by atoms with van der Waals surface area (Å²) in [5.74, 6) is 0. The number of fused-ring (bicyclic) bond motifs is 6. The zero-order valence-electron chi connectivity index (χ0n) is 28.7. The molecule has 9 aromatic rings. The number of thiophene rings is 1. The van der Waals surface area contributed by atoms with Crippen LogP contribution in [0.15, 0.2) is 194 Å². The van der Waals surface area contributed by atoms with Crippen LogP contribution >= 0.6 is 11.3 Å². The number of alkyl halides is 1. The number of hydrogen-bond acceptors (Lipinski definition) is 3. The predicted octanol–water partition coefficient (Wildman–Crippen LogP) is 10.3. The van der Waals surface area contributed by atoms with Crippen LogP contribution in [0.5, 0.6) is 0 Å². The first-order valence-electron chi connectivity index (χ1n) is 17.9. The summed E-state index contributed by atoms with van der Waals surface area (Å²) in [7, 11) is -2.92. The largest absolute Gasteiger partial charge is 0.311 e. The number of anilines is 3. The number of halogens is 1.